The van der Waals surface area contributed by atoms with E-state index in [9.17, 15) is 14.3 Å². The lowest BCUT2D eigenvalue weighted by atomic mass is 9.86. The summed E-state index contributed by atoms with van der Waals surface area (Å²) in [5, 5.41) is 0. The Bertz CT molecular complexity index is 577. The van der Waals surface area contributed by atoms with E-state index < -0.39 is 13.4 Å². The number of phosphoric ester groups is 1. The zero-order valence-electron chi connectivity index (χ0n) is 11.7. The van der Waals surface area contributed by atoms with Gasteiger partial charge in [0.25, 0.3) is 5.56 Å². The Morgan fingerprint density at radius 1 is 1.30 bits per heavy atom. The first-order valence-corrected chi connectivity index (χ1v) is 8.25. The zero-order valence-corrected chi connectivity index (χ0v) is 12.6. The van der Waals surface area contributed by atoms with Gasteiger partial charge in [-0.2, -0.15) is 0 Å². The van der Waals surface area contributed by atoms with Gasteiger partial charge in [0, 0.05) is 19.1 Å². The standard InChI is InChI=1S/C13H20NO5P/c1-10-8-12(11-6-4-3-5-7-11)14(13(15)9-10)19-20(16,17)18-2/h8-9,11H,3-7H2,1-2H3,(H,16,17). The first-order chi connectivity index (χ1) is 9.43. The van der Waals surface area contributed by atoms with Gasteiger partial charge in [-0.25, -0.2) is 4.57 Å². The molecule has 1 heterocycles. The van der Waals surface area contributed by atoms with Crippen molar-refractivity contribution >= 4 is 7.82 Å². The third-order valence-electron chi connectivity index (χ3n) is 3.60. The summed E-state index contributed by atoms with van der Waals surface area (Å²) in [5.74, 6) is 0.174. The SMILES string of the molecule is COP(=O)(O)On1c(C2CCCCC2)cc(C)cc1=O. The van der Waals surface area contributed by atoms with Crippen LogP contribution in [0.3, 0.4) is 0 Å². The predicted octanol–water partition coefficient (Wildman–Crippen LogP) is 2.38. The van der Waals surface area contributed by atoms with Crippen LogP contribution in [0.1, 0.15) is 49.3 Å². The van der Waals surface area contributed by atoms with Gasteiger partial charge in [-0.1, -0.05) is 19.3 Å². The highest BCUT2D eigenvalue weighted by Gasteiger charge is 2.26. The van der Waals surface area contributed by atoms with E-state index in [0.717, 1.165) is 43.1 Å². The summed E-state index contributed by atoms with van der Waals surface area (Å²) >= 11 is 0. The molecule has 1 fully saturated rings. The van der Waals surface area contributed by atoms with Gasteiger partial charge in [-0.3, -0.25) is 14.2 Å². The van der Waals surface area contributed by atoms with Crippen molar-refractivity contribution in [1.29, 1.82) is 0 Å². The van der Waals surface area contributed by atoms with Crippen LogP contribution < -0.4 is 10.2 Å². The van der Waals surface area contributed by atoms with Gasteiger partial charge in [0.05, 0.1) is 5.69 Å². The number of nitrogens with zero attached hydrogens (tertiary/aromatic N) is 1. The highest BCUT2D eigenvalue weighted by atomic mass is 31.2. The highest BCUT2D eigenvalue weighted by Crippen LogP contribution is 2.39. The Morgan fingerprint density at radius 2 is 1.95 bits per heavy atom. The van der Waals surface area contributed by atoms with Crippen LogP contribution in [0.4, 0.5) is 0 Å². The Labute approximate surface area is 117 Å². The topological polar surface area (TPSA) is 77.8 Å². The van der Waals surface area contributed by atoms with E-state index >= 15 is 0 Å². The molecule has 0 bridgehead atoms. The summed E-state index contributed by atoms with van der Waals surface area (Å²) in [6, 6.07) is 3.22. The number of hydrogen-bond acceptors (Lipinski definition) is 4. The fourth-order valence-electron chi connectivity index (χ4n) is 2.62. The second kappa shape index (κ2) is 6.12. The quantitative estimate of drug-likeness (QED) is 0.864. The molecule has 0 amide bonds. The Balaban J connectivity index is 2.43. The van der Waals surface area contributed by atoms with Crippen molar-refractivity contribution in [2.75, 3.05) is 7.11 Å². The summed E-state index contributed by atoms with van der Waals surface area (Å²) in [7, 11) is -3.18. The number of phosphoric acid groups is 1. The molecule has 1 aliphatic rings. The molecule has 0 spiro atoms. The monoisotopic (exact) mass is 301 g/mol. The van der Waals surface area contributed by atoms with E-state index in [1.54, 1.807) is 0 Å². The predicted molar refractivity (Wildman–Crippen MR) is 74.7 cm³/mol. The molecule has 2 rings (SSSR count). The third kappa shape index (κ3) is 3.51. The van der Waals surface area contributed by atoms with Crippen molar-refractivity contribution in [2.24, 2.45) is 0 Å². The Hall–Kier alpha value is -1.10. The number of hydrogen-bond donors (Lipinski definition) is 1. The fraction of sp³-hybridized carbons (Fsp3) is 0.615. The van der Waals surface area contributed by atoms with E-state index in [-0.39, 0.29) is 5.92 Å². The molecule has 1 saturated carbocycles. The molecule has 0 aliphatic heterocycles. The molecule has 20 heavy (non-hydrogen) atoms. The van der Waals surface area contributed by atoms with Gasteiger partial charge >= 0.3 is 7.82 Å². The molecule has 1 aliphatic carbocycles. The maximum absolute atomic E-state index is 12.0. The summed E-state index contributed by atoms with van der Waals surface area (Å²) in [6.07, 6.45) is 5.27. The number of aryl methyl sites for hydroxylation is 1. The second-order valence-electron chi connectivity index (χ2n) is 5.16. The minimum absolute atomic E-state index is 0.174. The minimum Gasteiger partial charge on any atom is -0.308 e. The Kier molecular flexibility index (Phi) is 4.68. The molecule has 1 atom stereocenters. The maximum Gasteiger partial charge on any atom is 0.546 e. The Morgan fingerprint density at radius 3 is 2.55 bits per heavy atom. The lowest BCUT2D eigenvalue weighted by Crippen LogP contribution is -2.30. The molecule has 0 aromatic carbocycles. The first-order valence-electron chi connectivity index (χ1n) is 6.75. The smallest absolute Gasteiger partial charge is 0.308 e. The molecule has 0 radical (unpaired) electrons. The van der Waals surface area contributed by atoms with E-state index in [1.165, 1.54) is 12.5 Å². The molecule has 1 aromatic rings. The molecular weight excluding hydrogens is 281 g/mol. The van der Waals surface area contributed by atoms with Gasteiger partial charge in [0.15, 0.2) is 0 Å². The molecule has 0 saturated heterocycles. The van der Waals surface area contributed by atoms with Crippen molar-refractivity contribution in [3.05, 3.63) is 33.7 Å². The summed E-state index contributed by atoms with van der Waals surface area (Å²) in [5.41, 5.74) is 1.03. The average Bonchev–Trinajstić information content (AvgIpc) is 2.42. The summed E-state index contributed by atoms with van der Waals surface area (Å²) in [6.45, 7) is 1.83. The van der Waals surface area contributed by atoms with E-state index in [0.29, 0.717) is 5.69 Å². The number of rotatable bonds is 4. The third-order valence-corrected chi connectivity index (χ3v) is 4.43. The zero-order chi connectivity index (χ0) is 14.8. The summed E-state index contributed by atoms with van der Waals surface area (Å²) in [4.78, 5) is 21.5. The molecule has 1 N–H and O–H groups in total. The molecule has 112 valence electrons. The maximum atomic E-state index is 12.0. The van der Waals surface area contributed by atoms with Crippen LogP contribution >= 0.6 is 7.82 Å². The van der Waals surface area contributed by atoms with Gasteiger partial charge < -0.3 is 4.62 Å². The van der Waals surface area contributed by atoms with Crippen molar-refractivity contribution in [3.8, 4) is 0 Å². The second-order valence-corrected chi connectivity index (χ2v) is 6.62. The summed E-state index contributed by atoms with van der Waals surface area (Å²) < 4.78 is 21.8. The van der Waals surface area contributed by atoms with Crippen LogP contribution in [0.5, 0.6) is 0 Å². The van der Waals surface area contributed by atoms with Crippen molar-refractivity contribution < 1.29 is 18.6 Å². The molecular formula is C13H20NO5P. The average molecular weight is 301 g/mol. The minimum atomic E-state index is -4.25. The fourth-order valence-corrected chi connectivity index (χ4v) is 3.07. The molecule has 1 unspecified atom stereocenters. The van der Waals surface area contributed by atoms with Gasteiger partial charge in [-0.15, -0.1) is 4.73 Å². The van der Waals surface area contributed by atoms with Crippen LogP contribution in [-0.4, -0.2) is 16.7 Å². The number of aromatic nitrogens is 1. The molecule has 1 aromatic heterocycles. The van der Waals surface area contributed by atoms with Crippen molar-refractivity contribution in [2.45, 2.75) is 44.9 Å². The van der Waals surface area contributed by atoms with Crippen molar-refractivity contribution in [3.63, 3.8) is 0 Å². The number of pyridine rings is 1. The normalized spacial score (nSPS) is 19.6. The van der Waals surface area contributed by atoms with Crippen molar-refractivity contribution in [1.82, 2.24) is 4.73 Å². The molecule has 7 heteroatoms. The van der Waals surface area contributed by atoms with Crippen LogP contribution in [0.2, 0.25) is 0 Å². The van der Waals surface area contributed by atoms with Crippen LogP contribution in [0.15, 0.2) is 16.9 Å². The van der Waals surface area contributed by atoms with Gasteiger partial charge in [0.1, 0.15) is 0 Å². The van der Waals surface area contributed by atoms with Crippen LogP contribution in [0, 0.1) is 6.92 Å². The largest absolute Gasteiger partial charge is 0.546 e. The van der Waals surface area contributed by atoms with E-state index in [4.69, 9.17) is 4.62 Å². The van der Waals surface area contributed by atoms with E-state index in [2.05, 4.69) is 4.52 Å². The van der Waals surface area contributed by atoms with Crippen LogP contribution in [0.25, 0.3) is 0 Å². The van der Waals surface area contributed by atoms with Crippen LogP contribution in [-0.2, 0) is 9.09 Å². The molecule has 6 nitrogen and oxygen atoms in total. The van der Waals surface area contributed by atoms with E-state index in [1.807, 2.05) is 13.0 Å². The highest BCUT2D eigenvalue weighted by molar-refractivity contribution is 7.47. The lowest BCUT2D eigenvalue weighted by molar-refractivity contribution is 0.143. The lowest BCUT2D eigenvalue weighted by Gasteiger charge is -2.25. The first kappa shape index (κ1) is 15.3. The van der Waals surface area contributed by atoms with Gasteiger partial charge in [-0.05, 0) is 31.4 Å². The van der Waals surface area contributed by atoms with Gasteiger partial charge in [0.2, 0.25) is 0 Å².